The summed E-state index contributed by atoms with van der Waals surface area (Å²) in [4.78, 5) is 11.9. The number of halogens is 3. The lowest BCUT2D eigenvalue weighted by atomic mass is 10.1. The molecule has 0 aliphatic carbocycles. The van der Waals surface area contributed by atoms with Crippen molar-refractivity contribution in [2.45, 2.75) is 6.42 Å². The van der Waals surface area contributed by atoms with Crippen LogP contribution in [-0.2, 0) is 11.2 Å². The predicted molar refractivity (Wildman–Crippen MR) is 79.6 cm³/mol. The van der Waals surface area contributed by atoms with Crippen LogP contribution in [0.3, 0.4) is 0 Å². The summed E-state index contributed by atoms with van der Waals surface area (Å²) in [5.41, 5.74) is 6.64. The van der Waals surface area contributed by atoms with Crippen molar-refractivity contribution in [1.29, 1.82) is 0 Å². The maximum Gasteiger partial charge on any atom is 0.228 e. The Morgan fingerprint density at radius 1 is 1.20 bits per heavy atom. The Bertz CT molecular complexity index is 641. The third-order valence-electron chi connectivity index (χ3n) is 2.68. The lowest BCUT2D eigenvalue weighted by Gasteiger charge is -2.08. The molecule has 20 heavy (non-hydrogen) atoms. The predicted octanol–water partition coefficient (Wildman–Crippen LogP) is 3.90. The minimum atomic E-state index is -0.511. The summed E-state index contributed by atoms with van der Waals surface area (Å²) in [5.74, 6) is -0.901. The van der Waals surface area contributed by atoms with Crippen molar-refractivity contribution < 1.29 is 9.18 Å². The van der Waals surface area contributed by atoms with E-state index in [0.717, 1.165) is 0 Å². The summed E-state index contributed by atoms with van der Waals surface area (Å²) in [6, 6.07) is 8.99. The average Bonchev–Trinajstić information content (AvgIpc) is 2.38. The zero-order valence-electron chi connectivity index (χ0n) is 10.3. The molecule has 0 aromatic heterocycles. The molecule has 0 bridgehead atoms. The molecule has 0 radical (unpaired) electrons. The first-order valence-electron chi connectivity index (χ1n) is 5.75. The molecule has 0 saturated carbocycles. The van der Waals surface area contributed by atoms with Gasteiger partial charge in [0.1, 0.15) is 5.82 Å². The molecule has 0 aliphatic heterocycles. The highest BCUT2D eigenvalue weighted by Gasteiger charge is 2.12. The monoisotopic (exact) mass is 312 g/mol. The Hall–Kier alpha value is -1.78. The van der Waals surface area contributed by atoms with Crippen LogP contribution < -0.4 is 11.1 Å². The van der Waals surface area contributed by atoms with Crippen LogP contribution in [0.2, 0.25) is 10.0 Å². The van der Waals surface area contributed by atoms with E-state index < -0.39 is 11.7 Å². The number of carbonyl (C=O) groups excluding carboxylic acids is 1. The third kappa shape index (κ3) is 3.40. The third-order valence-corrected chi connectivity index (χ3v) is 3.38. The maximum atomic E-state index is 13.6. The van der Waals surface area contributed by atoms with Gasteiger partial charge in [0.15, 0.2) is 0 Å². The Labute approximate surface area is 125 Å². The number of nitrogen functional groups attached to an aromatic ring is 1. The fourth-order valence-corrected chi connectivity index (χ4v) is 2.04. The van der Waals surface area contributed by atoms with Gasteiger partial charge in [-0.15, -0.1) is 0 Å². The van der Waals surface area contributed by atoms with Crippen LogP contribution in [0, 0.1) is 5.82 Å². The standard InChI is InChI=1S/C14H11Cl2FN2O/c15-10-2-1-3-12(17)9(10)7-14(20)19-8-4-5-11(16)13(18)6-8/h1-6H,7,18H2,(H,19,20). The molecule has 6 heteroatoms. The first kappa shape index (κ1) is 14.6. The molecule has 0 heterocycles. The van der Waals surface area contributed by atoms with Gasteiger partial charge in [-0.2, -0.15) is 0 Å². The molecule has 0 atom stereocenters. The van der Waals surface area contributed by atoms with E-state index in [1.54, 1.807) is 12.1 Å². The molecule has 0 spiro atoms. The van der Waals surface area contributed by atoms with Crippen molar-refractivity contribution in [2.75, 3.05) is 11.1 Å². The van der Waals surface area contributed by atoms with Gasteiger partial charge in [-0.3, -0.25) is 4.79 Å². The van der Waals surface area contributed by atoms with Crippen molar-refractivity contribution in [2.24, 2.45) is 0 Å². The Morgan fingerprint density at radius 3 is 2.60 bits per heavy atom. The van der Waals surface area contributed by atoms with E-state index in [-0.39, 0.29) is 17.0 Å². The molecule has 2 aromatic carbocycles. The molecule has 2 rings (SSSR count). The van der Waals surface area contributed by atoms with Crippen LogP contribution in [0.25, 0.3) is 0 Å². The number of nitrogens with two attached hydrogens (primary N) is 1. The molecule has 0 fully saturated rings. The van der Waals surface area contributed by atoms with Crippen LogP contribution in [0.15, 0.2) is 36.4 Å². The zero-order valence-corrected chi connectivity index (χ0v) is 11.8. The molecule has 3 nitrogen and oxygen atoms in total. The number of anilines is 2. The minimum absolute atomic E-state index is 0.159. The van der Waals surface area contributed by atoms with Crippen molar-refractivity contribution >= 4 is 40.5 Å². The molecule has 1 amide bonds. The van der Waals surface area contributed by atoms with Gasteiger partial charge in [0.05, 0.1) is 17.1 Å². The summed E-state index contributed by atoms with van der Waals surface area (Å²) in [7, 11) is 0. The van der Waals surface area contributed by atoms with Gasteiger partial charge in [-0.05, 0) is 30.3 Å². The number of rotatable bonds is 3. The summed E-state index contributed by atoms with van der Waals surface area (Å²) < 4.78 is 13.6. The molecule has 0 aliphatic rings. The molecule has 3 N–H and O–H groups in total. The fourth-order valence-electron chi connectivity index (χ4n) is 1.69. The van der Waals surface area contributed by atoms with Crippen molar-refractivity contribution in [3.8, 4) is 0 Å². The minimum Gasteiger partial charge on any atom is -0.397 e. The summed E-state index contributed by atoms with van der Waals surface area (Å²) in [6.45, 7) is 0. The van der Waals surface area contributed by atoms with Crippen LogP contribution in [0.5, 0.6) is 0 Å². The maximum absolute atomic E-state index is 13.6. The topological polar surface area (TPSA) is 55.1 Å². The summed E-state index contributed by atoms with van der Waals surface area (Å²) in [5, 5.41) is 3.23. The second-order valence-corrected chi connectivity index (χ2v) is 4.98. The number of nitrogens with one attached hydrogen (secondary N) is 1. The van der Waals surface area contributed by atoms with E-state index in [1.165, 1.54) is 24.3 Å². The SMILES string of the molecule is Nc1cc(NC(=O)Cc2c(F)cccc2Cl)ccc1Cl. The summed E-state index contributed by atoms with van der Waals surface area (Å²) >= 11 is 11.6. The Kier molecular flexibility index (Phi) is 4.47. The van der Waals surface area contributed by atoms with Crippen molar-refractivity contribution in [3.05, 3.63) is 57.8 Å². The fraction of sp³-hybridized carbons (Fsp3) is 0.0714. The second kappa shape index (κ2) is 6.11. The van der Waals surface area contributed by atoms with Gasteiger partial charge in [0.2, 0.25) is 5.91 Å². The van der Waals surface area contributed by atoms with Gasteiger partial charge in [0, 0.05) is 16.3 Å². The van der Waals surface area contributed by atoms with Crippen LogP contribution >= 0.6 is 23.2 Å². The Balaban J connectivity index is 2.11. The van der Waals surface area contributed by atoms with Gasteiger partial charge in [0.25, 0.3) is 0 Å². The quantitative estimate of drug-likeness (QED) is 0.845. The number of hydrogen-bond acceptors (Lipinski definition) is 2. The normalized spacial score (nSPS) is 10.3. The number of amides is 1. The van der Waals surface area contributed by atoms with Gasteiger partial charge in [-0.25, -0.2) is 4.39 Å². The van der Waals surface area contributed by atoms with Crippen molar-refractivity contribution in [3.63, 3.8) is 0 Å². The van der Waals surface area contributed by atoms with Crippen LogP contribution in [-0.4, -0.2) is 5.91 Å². The zero-order chi connectivity index (χ0) is 14.7. The number of hydrogen-bond donors (Lipinski definition) is 2. The molecular formula is C14H11Cl2FN2O. The van der Waals surface area contributed by atoms with E-state index in [2.05, 4.69) is 5.32 Å². The highest BCUT2D eigenvalue weighted by atomic mass is 35.5. The van der Waals surface area contributed by atoms with Crippen LogP contribution in [0.1, 0.15) is 5.56 Å². The second-order valence-electron chi connectivity index (χ2n) is 4.16. The lowest BCUT2D eigenvalue weighted by molar-refractivity contribution is -0.115. The largest absolute Gasteiger partial charge is 0.397 e. The molecule has 104 valence electrons. The van der Waals surface area contributed by atoms with Gasteiger partial charge >= 0.3 is 0 Å². The highest BCUT2D eigenvalue weighted by Crippen LogP contribution is 2.23. The van der Waals surface area contributed by atoms with E-state index >= 15 is 0 Å². The summed E-state index contributed by atoms with van der Waals surface area (Å²) in [6.07, 6.45) is -0.159. The van der Waals surface area contributed by atoms with Crippen LogP contribution in [0.4, 0.5) is 15.8 Å². The number of carbonyl (C=O) groups is 1. The average molecular weight is 313 g/mol. The molecule has 0 unspecified atom stereocenters. The smallest absolute Gasteiger partial charge is 0.228 e. The lowest BCUT2D eigenvalue weighted by Crippen LogP contribution is -2.15. The first-order chi connectivity index (χ1) is 9.47. The highest BCUT2D eigenvalue weighted by molar-refractivity contribution is 6.33. The molecular weight excluding hydrogens is 302 g/mol. The van der Waals surface area contributed by atoms with Gasteiger partial charge in [-0.1, -0.05) is 29.3 Å². The first-order valence-corrected chi connectivity index (χ1v) is 6.50. The number of benzene rings is 2. The van der Waals surface area contributed by atoms with E-state index in [1.807, 2.05) is 0 Å². The Morgan fingerprint density at radius 2 is 1.95 bits per heavy atom. The van der Waals surface area contributed by atoms with E-state index in [0.29, 0.717) is 16.4 Å². The van der Waals surface area contributed by atoms with E-state index in [9.17, 15) is 9.18 Å². The van der Waals surface area contributed by atoms with Crippen molar-refractivity contribution in [1.82, 2.24) is 0 Å². The molecule has 0 saturated heterocycles. The molecule has 2 aromatic rings. The van der Waals surface area contributed by atoms with E-state index in [4.69, 9.17) is 28.9 Å². The van der Waals surface area contributed by atoms with Gasteiger partial charge < -0.3 is 11.1 Å².